The molecule has 0 saturated carbocycles. The summed E-state index contributed by atoms with van der Waals surface area (Å²) in [5.74, 6) is 0.0450. The maximum Gasteiger partial charge on any atom is 0.261 e. The molecule has 1 unspecified atom stereocenters. The van der Waals surface area contributed by atoms with Crippen LogP contribution < -0.4 is 10.4 Å². The Bertz CT molecular complexity index is 1810. The van der Waals surface area contributed by atoms with E-state index >= 15 is 0 Å². The molecule has 5 nitrogen and oxygen atoms in total. The summed E-state index contributed by atoms with van der Waals surface area (Å²) in [5, 5.41) is 13.8. The van der Waals surface area contributed by atoms with Crippen molar-refractivity contribution in [1.82, 2.24) is 0 Å². The van der Waals surface area contributed by atoms with E-state index in [9.17, 15) is 5.11 Å². The summed E-state index contributed by atoms with van der Waals surface area (Å²) in [5.41, 5.74) is 3.63. The van der Waals surface area contributed by atoms with Gasteiger partial charge in [-0.2, -0.15) is 0 Å². The van der Waals surface area contributed by atoms with Gasteiger partial charge in [0.1, 0.15) is 18.0 Å². The lowest BCUT2D eigenvalue weighted by atomic mass is 9.84. The van der Waals surface area contributed by atoms with Gasteiger partial charge in [-0.05, 0) is 56.2 Å². The van der Waals surface area contributed by atoms with Crippen molar-refractivity contribution in [1.29, 1.82) is 0 Å². The van der Waals surface area contributed by atoms with Crippen molar-refractivity contribution >= 4 is 30.3 Å². The summed E-state index contributed by atoms with van der Waals surface area (Å²) >= 11 is 6.93. The molecule has 0 aromatic heterocycles. The molecule has 0 aliphatic carbocycles. The lowest BCUT2D eigenvalue weighted by molar-refractivity contribution is -0.234. The van der Waals surface area contributed by atoms with Crippen molar-refractivity contribution in [2.75, 3.05) is 0 Å². The van der Waals surface area contributed by atoms with Gasteiger partial charge >= 0.3 is 0 Å². The van der Waals surface area contributed by atoms with Gasteiger partial charge in [0.2, 0.25) is 0 Å². The molecule has 52 heavy (non-hydrogen) atoms. The average molecular weight is 735 g/mol. The van der Waals surface area contributed by atoms with Crippen molar-refractivity contribution < 1.29 is 23.7 Å². The standard InChI is InChI=1S/C45H51ClO5Si/c1-6-40-32(2)42(48-29-33-19-11-7-12-20-33)44(49-30-34-21-13-8-14-22-34)43(51-40)35-27-36(41(46)39(47)28-35)31-50-52(45(3,4)5,37-23-15-9-16-24-37)38-25-17-10-18-26-38/h7-28,32,40,42-44,47H,6,29-31H2,1-5H3/t32-,40-,42+,43?,44-/m1/s1. The largest absolute Gasteiger partial charge is 0.506 e. The lowest BCUT2D eigenvalue weighted by Gasteiger charge is -2.46. The highest BCUT2D eigenvalue weighted by molar-refractivity contribution is 6.99. The monoisotopic (exact) mass is 734 g/mol. The SMILES string of the molecule is CC[C@H]1OC(c2cc(O)c(Cl)c(CO[Si](c3ccccc3)(c3ccccc3)C(C)(C)C)c2)[C@H](OCc2ccccc2)[C@@H](OCc2ccccc2)[C@@H]1C. The van der Waals surface area contributed by atoms with Crippen LogP contribution in [0.5, 0.6) is 5.75 Å². The third-order valence-corrected chi connectivity index (χ3v) is 15.8. The number of aromatic hydroxyl groups is 1. The Labute approximate surface area is 315 Å². The van der Waals surface area contributed by atoms with Crippen molar-refractivity contribution in [2.24, 2.45) is 5.92 Å². The van der Waals surface area contributed by atoms with Crippen LogP contribution in [0.4, 0.5) is 0 Å². The van der Waals surface area contributed by atoms with Gasteiger partial charge in [0.05, 0.1) is 37.1 Å². The highest BCUT2D eigenvalue weighted by Crippen LogP contribution is 2.44. The molecule has 6 rings (SSSR count). The maximum absolute atomic E-state index is 11.4. The molecule has 1 N–H and O–H groups in total. The van der Waals surface area contributed by atoms with E-state index in [0.717, 1.165) is 23.1 Å². The van der Waals surface area contributed by atoms with E-state index in [0.29, 0.717) is 18.8 Å². The molecule has 1 aliphatic heterocycles. The summed E-state index contributed by atoms with van der Waals surface area (Å²) in [6.45, 7) is 12.1. The van der Waals surface area contributed by atoms with Crippen molar-refractivity contribution in [3.8, 4) is 5.75 Å². The Morgan fingerprint density at radius 3 is 1.65 bits per heavy atom. The first kappa shape index (κ1) is 38.0. The molecule has 5 aromatic carbocycles. The zero-order valence-electron chi connectivity index (χ0n) is 30.9. The lowest BCUT2D eigenvalue weighted by Crippen LogP contribution is -2.66. The molecule has 5 atom stereocenters. The summed E-state index contributed by atoms with van der Waals surface area (Å²) in [4.78, 5) is 0. The van der Waals surface area contributed by atoms with Crippen molar-refractivity contribution in [3.63, 3.8) is 0 Å². The Kier molecular flexibility index (Phi) is 12.4. The van der Waals surface area contributed by atoms with Gasteiger partial charge in [-0.3, -0.25) is 0 Å². The number of ether oxygens (including phenoxy) is 3. The summed E-state index contributed by atoms with van der Waals surface area (Å²) < 4.78 is 27.8. The van der Waals surface area contributed by atoms with Gasteiger partial charge in [0.25, 0.3) is 8.32 Å². The maximum atomic E-state index is 11.4. The summed E-state index contributed by atoms with van der Waals surface area (Å²) in [6.07, 6.45) is -0.551. The van der Waals surface area contributed by atoms with Crippen molar-refractivity contribution in [3.05, 3.63) is 161 Å². The number of phenolic OH excluding ortho intramolecular Hbond substituents is 1. The van der Waals surface area contributed by atoms with E-state index < -0.39 is 20.5 Å². The predicted octanol–water partition coefficient (Wildman–Crippen LogP) is 9.78. The Hall–Kier alpha value is -3.75. The smallest absolute Gasteiger partial charge is 0.261 e. The first-order chi connectivity index (χ1) is 25.1. The van der Waals surface area contributed by atoms with Crippen LogP contribution in [0.25, 0.3) is 0 Å². The average Bonchev–Trinajstić information content (AvgIpc) is 3.16. The fraction of sp³-hybridized carbons (Fsp3) is 0.333. The van der Waals surface area contributed by atoms with Crippen LogP contribution in [0.1, 0.15) is 69.4 Å². The van der Waals surface area contributed by atoms with E-state index in [2.05, 4.69) is 107 Å². The Morgan fingerprint density at radius 2 is 1.17 bits per heavy atom. The normalized spacial score (nSPS) is 20.8. The molecule has 0 radical (unpaired) electrons. The third-order valence-electron chi connectivity index (χ3n) is 10.4. The second-order valence-corrected chi connectivity index (χ2v) is 19.5. The van der Waals surface area contributed by atoms with Gasteiger partial charge < -0.3 is 23.7 Å². The second-order valence-electron chi connectivity index (χ2n) is 14.8. The molecule has 1 heterocycles. The molecule has 0 bridgehead atoms. The van der Waals surface area contributed by atoms with Crippen molar-refractivity contribution in [2.45, 2.75) is 90.3 Å². The topological polar surface area (TPSA) is 57.2 Å². The molecular formula is C45H51ClO5Si. The highest BCUT2D eigenvalue weighted by atomic mass is 35.5. The van der Waals surface area contributed by atoms with E-state index in [1.807, 2.05) is 54.6 Å². The van der Waals surface area contributed by atoms with Crippen LogP contribution in [-0.2, 0) is 38.5 Å². The third kappa shape index (κ3) is 8.23. The summed E-state index contributed by atoms with van der Waals surface area (Å²) in [6, 6.07) is 45.2. The molecule has 1 fully saturated rings. The molecule has 7 heteroatoms. The first-order valence-corrected chi connectivity index (χ1v) is 20.6. The van der Waals surface area contributed by atoms with E-state index in [1.165, 1.54) is 10.4 Å². The van der Waals surface area contributed by atoms with Gasteiger partial charge in [0.15, 0.2) is 0 Å². The fourth-order valence-corrected chi connectivity index (χ4v) is 12.4. The molecule has 272 valence electrons. The number of benzene rings is 5. The quantitative estimate of drug-likeness (QED) is 0.122. The van der Waals surface area contributed by atoms with Crippen LogP contribution in [0.2, 0.25) is 10.1 Å². The number of phenols is 1. The fourth-order valence-electron chi connectivity index (χ4n) is 7.68. The zero-order valence-corrected chi connectivity index (χ0v) is 32.6. The van der Waals surface area contributed by atoms with Crippen LogP contribution in [-0.4, -0.2) is 31.7 Å². The van der Waals surface area contributed by atoms with E-state index in [1.54, 1.807) is 6.07 Å². The Balaban J connectivity index is 1.38. The molecule has 0 amide bonds. The van der Waals surface area contributed by atoms with Crippen LogP contribution in [0.15, 0.2) is 133 Å². The minimum Gasteiger partial charge on any atom is -0.506 e. The summed E-state index contributed by atoms with van der Waals surface area (Å²) in [7, 11) is -2.89. The molecule has 1 saturated heterocycles. The number of rotatable bonds is 13. The zero-order chi connectivity index (χ0) is 36.7. The van der Waals surface area contributed by atoms with Crippen LogP contribution >= 0.6 is 11.6 Å². The number of halogens is 1. The van der Waals surface area contributed by atoms with Gasteiger partial charge in [0, 0.05) is 5.92 Å². The number of hydrogen-bond acceptors (Lipinski definition) is 5. The highest BCUT2D eigenvalue weighted by Gasteiger charge is 2.50. The van der Waals surface area contributed by atoms with Crippen LogP contribution in [0, 0.1) is 5.92 Å². The van der Waals surface area contributed by atoms with Gasteiger partial charge in [-0.15, -0.1) is 0 Å². The van der Waals surface area contributed by atoms with E-state index in [4.69, 9.17) is 30.2 Å². The van der Waals surface area contributed by atoms with E-state index in [-0.39, 0.29) is 40.5 Å². The first-order valence-electron chi connectivity index (χ1n) is 18.3. The molecular weight excluding hydrogens is 684 g/mol. The minimum atomic E-state index is -2.89. The van der Waals surface area contributed by atoms with Crippen LogP contribution in [0.3, 0.4) is 0 Å². The predicted molar refractivity (Wildman–Crippen MR) is 213 cm³/mol. The van der Waals surface area contributed by atoms with Gasteiger partial charge in [-0.25, -0.2) is 0 Å². The number of hydrogen-bond donors (Lipinski definition) is 1. The molecule has 5 aromatic rings. The molecule has 1 aliphatic rings. The Morgan fingerprint density at radius 1 is 0.692 bits per heavy atom. The minimum absolute atomic E-state index is 0.0148. The second kappa shape index (κ2) is 16.9. The van der Waals surface area contributed by atoms with Gasteiger partial charge in [-0.1, -0.05) is 168 Å². The molecule has 0 spiro atoms.